The highest BCUT2D eigenvalue weighted by Crippen LogP contribution is 2.49. The second-order valence-electron chi connectivity index (χ2n) is 7.93. The van der Waals surface area contributed by atoms with Gasteiger partial charge in [0.15, 0.2) is 22.6 Å². The van der Waals surface area contributed by atoms with E-state index in [0.29, 0.717) is 6.92 Å². The first-order valence-electron chi connectivity index (χ1n) is 10.0. The summed E-state index contributed by atoms with van der Waals surface area (Å²) in [7, 11) is 0. The number of nitrogens with one attached hydrogen (secondary N) is 1. The molecule has 1 unspecified atom stereocenters. The lowest BCUT2D eigenvalue weighted by Gasteiger charge is -2.25. The van der Waals surface area contributed by atoms with Crippen LogP contribution in [0, 0.1) is 23.0 Å². The van der Waals surface area contributed by atoms with Gasteiger partial charge in [-0.25, -0.2) is 28.4 Å². The quantitative estimate of drug-likeness (QED) is 0.442. The SMILES string of the molecule is CC1(C(F)(F)F)C(=O)Nc2nc(-c3nn(Cc4ccccc4F)c4ncc(F)cc34)nc(C#N)c21. The number of hydrogen-bond donors (Lipinski definition) is 1. The van der Waals surface area contributed by atoms with Crippen molar-refractivity contribution in [2.24, 2.45) is 0 Å². The molecule has 0 radical (unpaired) electrons. The average molecular weight is 485 g/mol. The molecule has 176 valence electrons. The molecule has 1 amide bonds. The van der Waals surface area contributed by atoms with E-state index in [4.69, 9.17) is 0 Å². The van der Waals surface area contributed by atoms with Gasteiger partial charge in [-0.05, 0) is 19.1 Å². The standard InChI is InChI=1S/C22H12F5N7O/c1-21(22(25,26)27)15-14(7-28)30-18(31-17(15)32-20(21)35)16-12-6-11(23)8-29-19(12)34(33-16)9-10-4-2-3-5-13(10)24/h2-6,8H,9H2,1H3,(H,30,31,32,35). The zero-order valence-electron chi connectivity index (χ0n) is 17.7. The van der Waals surface area contributed by atoms with Gasteiger partial charge in [-0.2, -0.15) is 23.5 Å². The summed E-state index contributed by atoms with van der Waals surface area (Å²) in [5.41, 5.74) is -4.18. The van der Waals surface area contributed by atoms with Gasteiger partial charge in [-0.1, -0.05) is 18.2 Å². The number of hydrogen-bond acceptors (Lipinski definition) is 6. The fourth-order valence-electron chi connectivity index (χ4n) is 3.93. The maximum absolute atomic E-state index is 14.2. The van der Waals surface area contributed by atoms with Crippen molar-refractivity contribution in [3.05, 3.63) is 65.0 Å². The van der Waals surface area contributed by atoms with Crippen molar-refractivity contribution >= 4 is 22.8 Å². The van der Waals surface area contributed by atoms with Crippen molar-refractivity contribution in [1.82, 2.24) is 24.7 Å². The van der Waals surface area contributed by atoms with Crippen LogP contribution in [-0.2, 0) is 16.8 Å². The van der Waals surface area contributed by atoms with Crippen molar-refractivity contribution in [3.63, 3.8) is 0 Å². The second kappa shape index (κ2) is 7.52. The van der Waals surface area contributed by atoms with Crippen LogP contribution in [-0.4, -0.2) is 36.8 Å². The van der Waals surface area contributed by atoms with E-state index in [2.05, 4.69) is 25.4 Å². The Hall–Kier alpha value is -4.47. The Bertz CT molecular complexity index is 1570. The Labute approximate surface area is 193 Å². The molecular formula is C22H12F5N7O. The molecule has 0 saturated carbocycles. The number of carbonyl (C=O) groups is 1. The summed E-state index contributed by atoms with van der Waals surface area (Å²) in [4.78, 5) is 24.2. The van der Waals surface area contributed by atoms with Gasteiger partial charge in [-0.15, -0.1) is 0 Å². The number of rotatable bonds is 3. The molecule has 0 aliphatic carbocycles. The number of nitriles is 1. The lowest BCUT2D eigenvalue weighted by molar-refractivity contribution is -0.186. The molecule has 3 aromatic heterocycles. The first-order valence-corrected chi connectivity index (χ1v) is 10.0. The molecule has 1 aliphatic heterocycles. The maximum atomic E-state index is 14.2. The van der Waals surface area contributed by atoms with Gasteiger partial charge < -0.3 is 5.32 Å². The minimum Gasteiger partial charge on any atom is -0.309 e. The van der Waals surface area contributed by atoms with E-state index >= 15 is 0 Å². The fourth-order valence-corrected chi connectivity index (χ4v) is 3.93. The van der Waals surface area contributed by atoms with Crippen LogP contribution in [0.2, 0.25) is 0 Å². The number of pyridine rings is 1. The topological polar surface area (TPSA) is 109 Å². The average Bonchev–Trinajstić information content (AvgIpc) is 3.29. The molecule has 4 aromatic rings. The van der Waals surface area contributed by atoms with Crippen molar-refractivity contribution in [1.29, 1.82) is 5.26 Å². The summed E-state index contributed by atoms with van der Waals surface area (Å²) < 4.78 is 70.9. The molecule has 0 bridgehead atoms. The molecular weight excluding hydrogens is 473 g/mol. The van der Waals surface area contributed by atoms with Crippen LogP contribution in [0.1, 0.15) is 23.7 Å². The van der Waals surface area contributed by atoms with Crippen molar-refractivity contribution in [3.8, 4) is 17.6 Å². The first kappa shape index (κ1) is 22.3. The van der Waals surface area contributed by atoms with Crippen LogP contribution in [0.4, 0.5) is 27.8 Å². The van der Waals surface area contributed by atoms with Crippen LogP contribution in [0.25, 0.3) is 22.6 Å². The Kier molecular flexibility index (Phi) is 4.80. The number of benzene rings is 1. The Balaban J connectivity index is 1.72. The third-order valence-corrected chi connectivity index (χ3v) is 5.81. The van der Waals surface area contributed by atoms with E-state index in [1.54, 1.807) is 12.1 Å². The van der Waals surface area contributed by atoms with Crippen molar-refractivity contribution < 1.29 is 26.7 Å². The van der Waals surface area contributed by atoms with Gasteiger partial charge in [0.1, 0.15) is 29.2 Å². The predicted molar refractivity (Wildman–Crippen MR) is 111 cm³/mol. The highest BCUT2D eigenvalue weighted by Gasteiger charge is 2.63. The summed E-state index contributed by atoms with van der Waals surface area (Å²) in [5.74, 6) is -3.52. The fraction of sp³-hybridized carbons (Fsp3) is 0.182. The minimum atomic E-state index is -5.03. The molecule has 0 fully saturated rings. The smallest absolute Gasteiger partial charge is 0.309 e. The van der Waals surface area contributed by atoms with Gasteiger partial charge in [0.25, 0.3) is 0 Å². The second-order valence-corrected chi connectivity index (χ2v) is 7.93. The number of anilines is 1. The van der Waals surface area contributed by atoms with E-state index < -0.39 is 46.2 Å². The zero-order chi connectivity index (χ0) is 25.1. The van der Waals surface area contributed by atoms with Crippen LogP contribution in [0.15, 0.2) is 36.5 Å². The number of alkyl halides is 3. The third kappa shape index (κ3) is 3.29. The number of amides is 1. The Morgan fingerprint density at radius 2 is 1.94 bits per heavy atom. The zero-order valence-corrected chi connectivity index (χ0v) is 17.7. The van der Waals surface area contributed by atoms with Crippen molar-refractivity contribution in [2.45, 2.75) is 25.1 Å². The number of fused-ring (bicyclic) bond motifs is 2. The number of halogens is 5. The van der Waals surface area contributed by atoms with E-state index in [1.807, 2.05) is 0 Å². The van der Waals surface area contributed by atoms with E-state index in [0.717, 1.165) is 12.3 Å². The van der Waals surface area contributed by atoms with Crippen LogP contribution in [0.3, 0.4) is 0 Å². The summed E-state index contributed by atoms with van der Waals surface area (Å²) in [5, 5.41) is 16.0. The molecule has 0 spiro atoms. The van der Waals surface area contributed by atoms with Crippen LogP contribution in [0.5, 0.6) is 0 Å². The van der Waals surface area contributed by atoms with Gasteiger partial charge in [0.2, 0.25) is 5.91 Å². The van der Waals surface area contributed by atoms with Crippen molar-refractivity contribution in [2.75, 3.05) is 5.32 Å². The Morgan fingerprint density at radius 3 is 2.63 bits per heavy atom. The molecule has 1 atom stereocenters. The minimum absolute atomic E-state index is 0.0769. The molecule has 13 heteroatoms. The molecule has 1 aromatic carbocycles. The molecule has 5 rings (SSSR count). The van der Waals surface area contributed by atoms with E-state index in [-0.39, 0.29) is 34.7 Å². The van der Waals surface area contributed by atoms with Gasteiger partial charge in [0, 0.05) is 5.56 Å². The summed E-state index contributed by atoms with van der Waals surface area (Å²) in [6.07, 6.45) is -4.11. The molecule has 1 N–H and O–H groups in total. The molecule has 4 heterocycles. The van der Waals surface area contributed by atoms with Crippen LogP contribution >= 0.6 is 0 Å². The maximum Gasteiger partial charge on any atom is 0.407 e. The van der Waals surface area contributed by atoms with Gasteiger partial charge in [0.05, 0.1) is 23.7 Å². The third-order valence-electron chi connectivity index (χ3n) is 5.81. The highest BCUT2D eigenvalue weighted by molar-refractivity contribution is 6.06. The summed E-state index contributed by atoms with van der Waals surface area (Å²) >= 11 is 0. The van der Waals surface area contributed by atoms with Gasteiger partial charge >= 0.3 is 6.18 Å². The largest absolute Gasteiger partial charge is 0.407 e. The lowest BCUT2D eigenvalue weighted by atomic mass is 9.82. The monoisotopic (exact) mass is 485 g/mol. The lowest BCUT2D eigenvalue weighted by Crippen LogP contribution is -2.45. The van der Waals surface area contributed by atoms with E-state index in [9.17, 15) is 32.0 Å². The summed E-state index contributed by atoms with van der Waals surface area (Å²) in [6, 6.07) is 8.52. The molecule has 1 aliphatic rings. The highest BCUT2D eigenvalue weighted by atomic mass is 19.4. The number of nitrogens with zero attached hydrogens (tertiary/aromatic N) is 6. The summed E-state index contributed by atoms with van der Waals surface area (Å²) in [6.45, 7) is 0.524. The number of carbonyl (C=O) groups excluding carboxylic acids is 1. The molecule has 35 heavy (non-hydrogen) atoms. The number of aromatic nitrogens is 5. The normalized spacial score (nSPS) is 17.3. The molecule has 0 saturated heterocycles. The predicted octanol–water partition coefficient (Wildman–Crippen LogP) is 3.86. The van der Waals surface area contributed by atoms with Gasteiger partial charge in [-0.3, -0.25) is 4.79 Å². The first-order chi connectivity index (χ1) is 16.5. The molecule has 8 nitrogen and oxygen atoms in total. The van der Waals surface area contributed by atoms with E-state index in [1.165, 1.54) is 22.9 Å². The Morgan fingerprint density at radius 1 is 1.20 bits per heavy atom. The van der Waals surface area contributed by atoms with Crippen LogP contribution < -0.4 is 5.32 Å².